The quantitative estimate of drug-likeness (QED) is 0.923. The zero-order chi connectivity index (χ0) is 18.3. The molecule has 0 radical (unpaired) electrons. The number of hydrogen-bond acceptors (Lipinski definition) is 3. The maximum atomic E-state index is 12.8. The third-order valence-corrected chi connectivity index (χ3v) is 5.70. The van der Waals surface area contributed by atoms with Gasteiger partial charge in [0, 0.05) is 24.6 Å². The lowest BCUT2D eigenvalue weighted by atomic mass is 9.95. The van der Waals surface area contributed by atoms with E-state index in [9.17, 15) is 9.59 Å². The molecular weight excluding hydrogens is 326 g/mol. The Bertz CT molecular complexity index is 862. The largest absolute Gasteiger partial charge is 0.336 e. The number of anilines is 1. The smallest absolute Gasteiger partial charge is 0.245 e. The number of carbonyl (C=O) groups excluding carboxylic acids is 2. The first kappa shape index (κ1) is 16.8. The van der Waals surface area contributed by atoms with E-state index in [0.717, 1.165) is 24.8 Å². The zero-order valence-corrected chi connectivity index (χ0v) is 15.2. The number of likely N-dealkylation sites (N-methyl/N-ethyl adjacent to an activating group) is 1. The number of nitrogens with zero attached hydrogens (tertiary/aromatic N) is 2. The molecule has 2 aliphatic rings. The molecule has 4 rings (SSSR count). The predicted octanol–water partition coefficient (Wildman–Crippen LogP) is 2.69. The number of hydrogen-bond donors (Lipinski definition) is 1. The van der Waals surface area contributed by atoms with Gasteiger partial charge in [0.1, 0.15) is 5.82 Å². The number of carbonyl (C=O) groups is 2. The van der Waals surface area contributed by atoms with Crippen LogP contribution in [0.5, 0.6) is 0 Å². The van der Waals surface area contributed by atoms with E-state index in [1.807, 2.05) is 13.0 Å². The summed E-state index contributed by atoms with van der Waals surface area (Å²) in [4.78, 5) is 30.8. The van der Waals surface area contributed by atoms with E-state index in [-0.39, 0.29) is 29.7 Å². The van der Waals surface area contributed by atoms with Crippen molar-refractivity contribution in [3.05, 3.63) is 59.3 Å². The molecule has 2 amide bonds. The minimum atomic E-state index is -0.223. The Labute approximate surface area is 153 Å². The lowest BCUT2D eigenvalue weighted by Gasteiger charge is -2.19. The van der Waals surface area contributed by atoms with E-state index in [2.05, 4.69) is 34.6 Å². The first-order valence-electron chi connectivity index (χ1n) is 9.05. The monoisotopic (exact) mass is 349 g/mol. The first-order chi connectivity index (χ1) is 12.5. The van der Waals surface area contributed by atoms with Crippen LogP contribution in [0, 0.1) is 12.8 Å². The minimum Gasteiger partial charge on any atom is -0.336 e. The van der Waals surface area contributed by atoms with Gasteiger partial charge in [-0.05, 0) is 48.9 Å². The fourth-order valence-electron chi connectivity index (χ4n) is 4.20. The van der Waals surface area contributed by atoms with Crippen molar-refractivity contribution in [2.24, 2.45) is 5.92 Å². The lowest BCUT2D eigenvalue weighted by Crippen LogP contribution is -2.37. The molecule has 1 spiro atoms. The van der Waals surface area contributed by atoms with Crippen LogP contribution >= 0.6 is 0 Å². The van der Waals surface area contributed by atoms with E-state index >= 15 is 0 Å². The van der Waals surface area contributed by atoms with Crippen molar-refractivity contribution in [2.45, 2.75) is 31.6 Å². The van der Waals surface area contributed by atoms with Crippen LogP contribution in [0.2, 0.25) is 0 Å². The molecule has 1 N–H and O–H groups in total. The summed E-state index contributed by atoms with van der Waals surface area (Å²) in [6.07, 6.45) is 4.68. The van der Waals surface area contributed by atoms with Gasteiger partial charge in [-0.15, -0.1) is 0 Å². The second-order valence-electron chi connectivity index (χ2n) is 7.53. The molecule has 0 bridgehead atoms. The highest BCUT2D eigenvalue weighted by Gasteiger charge is 2.61. The van der Waals surface area contributed by atoms with Gasteiger partial charge in [0.05, 0.1) is 6.54 Å². The number of rotatable bonds is 4. The third kappa shape index (κ3) is 2.87. The Morgan fingerprint density at radius 2 is 2.08 bits per heavy atom. The number of fused-ring (bicyclic) bond motifs is 2. The Balaban J connectivity index is 1.37. The topological polar surface area (TPSA) is 62.3 Å². The summed E-state index contributed by atoms with van der Waals surface area (Å²) in [5.41, 5.74) is 3.75. The van der Waals surface area contributed by atoms with Crippen molar-refractivity contribution in [3.63, 3.8) is 0 Å². The molecule has 5 heteroatoms. The summed E-state index contributed by atoms with van der Waals surface area (Å²) in [6.45, 7) is 1.99. The van der Waals surface area contributed by atoms with Gasteiger partial charge in [-0.25, -0.2) is 4.98 Å². The number of pyridine rings is 1. The number of nitrogens with one attached hydrogen (secondary N) is 1. The third-order valence-electron chi connectivity index (χ3n) is 5.70. The molecule has 0 aliphatic heterocycles. The van der Waals surface area contributed by atoms with Crippen molar-refractivity contribution in [1.29, 1.82) is 0 Å². The van der Waals surface area contributed by atoms with Gasteiger partial charge in [0.15, 0.2) is 0 Å². The summed E-state index contributed by atoms with van der Waals surface area (Å²) < 4.78 is 0. The molecule has 1 fully saturated rings. The molecule has 5 nitrogen and oxygen atoms in total. The fraction of sp³-hybridized carbons (Fsp3) is 0.381. The second-order valence-corrected chi connectivity index (χ2v) is 7.53. The Morgan fingerprint density at radius 3 is 2.85 bits per heavy atom. The standard InChI is InChI=1S/C21H23N3O2/c1-14-7-8-18(22-12-14)23-19(25)13-24(2)20(26)17-11-21(17)10-9-15-5-3-4-6-16(15)21/h3-8,12,17H,9-11,13H2,1-2H3,(H,22,23,25)/t17-,21+/m1/s1. The van der Waals surface area contributed by atoms with Gasteiger partial charge in [-0.3, -0.25) is 9.59 Å². The Kier molecular flexibility index (Phi) is 4.02. The molecule has 134 valence electrons. The summed E-state index contributed by atoms with van der Waals surface area (Å²) in [6, 6.07) is 12.1. The van der Waals surface area contributed by atoms with Crippen LogP contribution in [0.4, 0.5) is 5.82 Å². The highest BCUT2D eigenvalue weighted by atomic mass is 16.2. The molecule has 1 aromatic heterocycles. The highest BCUT2D eigenvalue weighted by molar-refractivity contribution is 5.95. The Morgan fingerprint density at radius 1 is 1.27 bits per heavy atom. The van der Waals surface area contributed by atoms with E-state index in [1.54, 1.807) is 24.2 Å². The summed E-state index contributed by atoms with van der Waals surface area (Å²) >= 11 is 0. The average molecular weight is 349 g/mol. The van der Waals surface area contributed by atoms with Crippen LogP contribution in [0.1, 0.15) is 29.5 Å². The number of aromatic nitrogens is 1. The molecule has 1 saturated carbocycles. The van der Waals surface area contributed by atoms with Crippen LogP contribution in [-0.2, 0) is 21.4 Å². The van der Waals surface area contributed by atoms with Gasteiger partial charge in [-0.1, -0.05) is 30.3 Å². The summed E-state index contributed by atoms with van der Waals surface area (Å²) in [5.74, 6) is 0.350. The summed E-state index contributed by atoms with van der Waals surface area (Å²) in [5, 5.41) is 2.75. The van der Waals surface area contributed by atoms with Crippen LogP contribution in [0.15, 0.2) is 42.6 Å². The molecule has 2 aliphatic carbocycles. The maximum absolute atomic E-state index is 12.8. The van der Waals surface area contributed by atoms with E-state index in [4.69, 9.17) is 0 Å². The average Bonchev–Trinajstić information content (AvgIpc) is 3.25. The normalized spacial score (nSPS) is 22.8. The van der Waals surface area contributed by atoms with Crippen molar-refractivity contribution in [3.8, 4) is 0 Å². The van der Waals surface area contributed by atoms with Crippen molar-refractivity contribution in [2.75, 3.05) is 18.9 Å². The molecule has 0 unspecified atom stereocenters. The van der Waals surface area contributed by atoms with E-state index in [1.165, 1.54) is 11.1 Å². The predicted molar refractivity (Wildman–Crippen MR) is 99.8 cm³/mol. The molecule has 0 saturated heterocycles. The van der Waals surface area contributed by atoms with Crippen molar-refractivity contribution < 1.29 is 9.59 Å². The Hall–Kier alpha value is -2.69. The number of amides is 2. The van der Waals surface area contributed by atoms with Crippen molar-refractivity contribution >= 4 is 17.6 Å². The van der Waals surface area contributed by atoms with Crippen LogP contribution in [-0.4, -0.2) is 35.3 Å². The van der Waals surface area contributed by atoms with Crippen LogP contribution < -0.4 is 5.32 Å². The number of benzene rings is 1. The fourth-order valence-corrected chi connectivity index (χ4v) is 4.20. The molecule has 2 atom stereocenters. The van der Waals surface area contributed by atoms with E-state index in [0.29, 0.717) is 5.82 Å². The second kappa shape index (κ2) is 6.24. The van der Waals surface area contributed by atoms with E-state index < -0.39 is 0 Å². The van der Waals surface area contributed by atoms with Crippen LogP contribution in [0.3, 0.4) is 0 Å². The van der Waals surface area contributed by atoms with Gasteiger partial charge in [0.2, 0.25) is 11.8 Å². The van der Waals surface area contributed by atoms with Gasteiger partial charge in [-0.2, -0.15) is 0 Å². The zero-order valence-electron chi connectivity index (χ0n) is 15.2. The first-order valence-corrected chi connectivity index (χ1v) is 9.05. The summed E-state index contributed by atoms with van der Waals surface area (Å²) in [7, 11) is 1.71. The van der Waals surface area contributed by atoms with Crippen LogP contribution in [0.25, 0.3) is 0 Å². The maximum Gasteiger partial charge on any atom is 0.245 e. The molecule has 1 aromatic carbocycles. The van der Waals surface area contributed by atoms with Gasteiger partial charge >= 0.3 is 0 Å². The lowest BCUT2D eigenvalue weighted by molar-refractivity contribution is -0.134. The SMILES string of the molecule is Cc1ccc(NC(=O)CN(C)C(=O)[C@H]2C[C@]23CCc2ccccc23)nc1. The highest BCUT2D eigenvalue weighted by Crippen LogP contribution is 2.61. The van der Waals surface area contributed by atoms with Crippen molar-refractivity contribution in [1.82, 2.24) is 9.88 Å². The van der Waals surface area contributed by atoms with Gasteiger partial charge < -0.3 is 10.2 Å². The minimum absolute atomic E-state index is 0.00134. The molecule has 2 aromatic rings. The molecular formula is C21H23N3O2. The molecule has 26 heavy (non-hydrogen) atoms. The number of aryl methyl sites for hydroxylation is 2. The molecule has 1 heterocycles. The van der Waals surface area contributed by atoms with Gasteiger partial charge in [0.25, 0.3) is 0 Å².